The Morgan fingerprint density at radius 3 is 2.48 bits per heavy atom. The number of amides is 1. The van der Waals surface area contributed by atoms with Gasteiger partial charge in [0.2, 0.25) is 10.0 Å². The van der Waals surface area contributed by atoms with Gasteiger partial charge in [0.1, 0.15) is 10.6 Å². The second-order valence-electron chi connectivity index (χ2n) is 7.06. The number of carbonyl (C=O) groups is 2. The van der Waals surface area contributed by atoms with Gasteiger partial charge in [-0.1, -0.05) is 11.6 Å². The summed E-state index contributed by atoms with van der Waals surface area (Å²) in [6.45, 7) is 2.10. The average molecular weight is 467 g/mol. The zero-order valence-corrected chi connectivity index (χ0v) is 18.8. The van der Waals surface area contributed by atoms with Crippen LogP contribution in [0.4, 0.5) is 5.69 Å². The molecule has 0 atom stereocenters. The van der Waals surface area contributed by atoms with Crippen molar-refractivity contribution in [2.24, 2.45) is 0 Å². The molecular weight excluding hydrogens is 444 g/mol. The predicted molar refractivity (Wildman–Crippen MR) is 116 cm³/mol. The van der Waals surface area contributed by atoms with E-state index in [-0.39, 0.29) is 16.2 Å². The Kier molecular flexibility index (Phi) is 7.19. The molecule has 0 unspecified atom stereocenters. The van der Waals surface area contributed by atoms with Gasteiger partial charge in [-0.25, -0.2) is 13.2 Å². The van der Waals surface area contributed by atoms with E-state index in [1.54, 1.807) is 25.1 Å². The number of ether oxygens (including phenoxy) is 2. The van der Waals surface area contributed by atoms with Gasteiger partial charge in [-0.15, -0.1) is 0 Å². The van der Waals surface area contributed by atoms with Crippen molar-refractivity contribution in [2.45, 2.75) is 24.7 Å². The maximum atomic E-state index is 12.9. The maximum absolute atomic E-state index is 12.9. The predicted octanol–water partition coefficient (Wildman–Crippen LogP) is 3.24. The molecule has 1 aliphatic heterocycles. The topological polar surface area (TPSA) is 102 Å². The highest BCUT2D eigenvalue weighted by Gasteiger charge is 2.31. The Bertz CT molecular complexity index is 1100. The van der Waals surface area contributed by atoms with Crippen LogP contribution in [-0.4, -0.2) is 51.4 Å². The molecule has 1 heterocycles. The van der Waals surface area contributed by atoms with Gasteiger partial charge >= 0.3 is 5.97 Å². The number of esters is 1. The second kappa shape index (κ2) is 9.67. The average Bonchev–Trinajstić information content (AvgIpc) is 3.29. The van der Waals surface area contributed by atoms with Crippen molar-refractivity contribution in [1.82, 2.24) is 4.31 Å². The summed E-state index contributed by atoms with van der Waals surface area (Å²) >= 11 is 5.90. The lowest BCUT2D eigenvalue weighted by atomic mass is 10.2. The van der Waals surface area contributed by atoms with Crippen molar-refractivity contribution in [3.8, 4) is 5.75 Å². The third-order valence-electron chi connectivity index (χ3n) is 4.88. The number of halogens is 1. The van der Waals surface area contributed by atoms with Crippen LogP contribution >= 0.6 is 11.6 Å². The van der Waals surface area contributed by atoms with E-state index in [9.17, 15) is 18.0 Å². The SMILES string of the molecule is COc1ccc(C(=O)OCC(=O)Nc2ccc(Cl)cc2C)cc1S(=O)(=O)N1CCCC1. The quantitative estimate of drug-likeness (QED) is 0.628. The molecule has 1 saturated heterocycles. The highest BCUT2D eigenvalue weighted by atomic mass is 35.5. The molecule has 3 rings (SSSR count). The first-order valence-corrected chi connectivity index (χ1v) is 11.5. The molecule has 1 amide bonds. The highest BCUT2D eigenvalue weighted by Crippen LogP contribution is 2.30. The van der Waals surface area contributed by atoms with E-state index in [1.807, 2.05) is 0 Å². The monoisotopic (exact) mass is 466 g/mol. The number of rotatable bonds is 7. The fourth-order valence-electron chi connectivity index (χ4n) is 3.24. The summed E-state index contributed by atoms with van der Waals surface area (Å²) in [5, 5.41) is 3.18. The van der Waals surface area contributed by atoms with Crippen molar-refractivity contribution in [2.75, 3.05) is 32.1 Å². The van der Waals surface area contributed by atoms with Crippen LogP contribution in [0.2, 0.25) is 5.02 Å². The van der Waals surface area contributed by atoms with Gasteiger partial charge in [0.15, 0.2) is 6.61 Å². The van der Waals surface area contributed by atoms with Crippen LogP contribution in [0.15, 0.2) is 41.3 Å². The van der Waals surface area contributed by atoms with Gasteiger partial charge in [0, 0.05) is 23.8 Å². The number of benzene rings is 2. The van der Waals surface area contributed by atoms with E-state index >= 15 is 0 Å². The van der Waals surface area contributed by atoms with E-state index in [2.05, 4.69) is 5.32 Å². The largest absolute Gasteiger partial charge is 0.495 e. The Hall–Kier alpha value is -2.62. The van der Waals surface area contributed by atoms with E-state index in [4.69, 9.17) is 21.1 Å². The van der Waals surface area contributed by atoms with E-state index in [1.165, 1.54) is 29.6 Å². The molecule has 1 fully saturated rings. The minimum Gasteiger partial charge on any atom is -0.495 e. The number of nitrogens with zero attached hydrogens (tertiary/aromatic N) is 1. The van der Waals surface area contributed by atoms with Crippen LogP contribution in [0.25, 0.3) is 0 Å². The second-order valence-corrected chi connectivity index (χ2v) is 9.40. The van der Waals surface area contributed by atoms with E-state index < -0.39 is 28.5 Å². The molecule has 0 spiro atoms. The Morgan fingerprint density at radius 1 is 1.13 bits per heavy atom. The number of anilines is 1. The van der Waals surface area contributed by atoms with Crippen molar-refractivity contribution < 1.29 is 27.5 Å². The third-order valence-corrected chi connectivity index (χ3v) is 7.03. The molecule has 31 heavy (non-hydrogen) atoms. The van der Waals surface area contributed by atoms with Crippen molar-refractivity contribution in [3.05, 3.63) is 52.5 Å². The molecule has 2 aromatic carbocycles. The van der Waals surface area contributed by atoms with Crippen LogP contribution in [0.3, 0.4) is 0 Å². The van der Waals surface area contributed by atoms with E-state index in [0.717, 1.165) is 18.4 Å². The summed E-state index contributed by atoms with van der Waals surface area (Å²) in [5.74, 6) is -1.21. The lowest BCUT2D eigenvalue weighted by molar-refractivity contribution is -0.119. The molecule has 8 nitrogen and oxygen atoms in total. The van der Waals surface area contributed by atoms with Crippen molar-refractivity contribution >= 4 is 39.2 Å². The number of hydrogen-bond acceptors (Lipinski definition) is 6. The van der Waals surface area contributed by atoms with Crippen molar-refractivity contribution in [3.63, 3.8) is 0 Å². The molecule has 0 radical (unpaired) electrons. The zero-order chi connectivity index (χ0) is 22.6. The molecule has 1 N–H and O–H groups in total. The van der Waals surface area contributed by atoms with Gasteiger partial charge in [0.05, 0.1) is 12.7 Å². The van der Waals surface area contributed by atoms with Crippen LogP contribution < -0.4 is 10.1 Å². The first-order chi connectivity index (χ1) is 14.7. The summed E-state index contributed by atoms with van der Waals surface area (Å²) < 4.78 is 37.5. The lowest BCUT2D eigenvalue weighted by Crippen LogP contribution is -2.28. The Morgan fingerprint density at radius 2 is 1.84 bits per heavy atom. The van der Waals surface area contributed by atoms with Gasteiger partial charge < -0.3 is 14.8 Å². The molecule has 10 heteroatoms. The third kappa shape index (κ3) is 5.36. The van der Waals surface area contributed by atoms with Gasteiger partial charge in [-0.3, -0.25) is 4.79 Å². The summed E-state index contributed by atoms with van der Waals surface area (Å²) in [4.78, 5) is 24.5. The normalized spacial score (nSPS) is 14.3. The molecule has 2 aromatic rings. The van der Waals surface area contributed by atoms with Gasteiger partial charge in [-0.05, 0) is 61.7 Å². The summed E-state index contributed by atoms with van der Waals surface area (Å²) in [7, 11) is -2.45. The fraction of sp³-hybridized carbons (Fsp3) is 0.333. The van der Waals surface area contributed by atoms with Crippen molar-refractivity contribution in [1.29, 1.82) is 0 Å². The standard InChI is InChI=1S/C21H23ClN2O6S/c1-14-11-16(22)6-7-17(14)23-20(25)13-30-21(26)15-5-8-18(29-2)19(12-15)31(27,28)24-9-3-4-10-24/h5-8,11-12H,3-4,9-10,13H2,1-2H3,(H,23,25). The van der Waals surface area contributed by atoms with E-state index in [0.29, 0.717) is 23.8 Å². The smallest absolute Gasteiger partial charge is 0.338 e. The molecule has 0 aliphatic carbocycles. The first-order valence-electron chi connectivity index (χ1n) is 9.63. The fourth-order valence-corrected chi connectivity index (χ4v) is 5.17. The Labute approximate surface area is 186 Å². The highest BCUT2D eigenvalue weighted by molar-refractivity contribution is 7.89. The zero-order valence-electron chi connectivity index (χ0n) is 17.2. The molecule has 166 valence electrons. The number of nitrogens with one attached hydrogen (secondary N) is 1. The van der Waals surface area contributed by atoms with Gasteiger partial charge in [0.25, 0.3) is 5.91 Å². The first kappa shape index (κ1) is 23.1. The number of aryl methyl sites for hydroxylation is 1. The Balaban J connectivity index is 1.71. The molecular formula is C21H23ClN2O6S. The minimum absolute atomic E-state index is 0.00838. The summed E-state index contributed by atoms with van der Waals surface area (Å²) in [6, 6.07) is 8.99. The molecule has 0 saturated carbocycles. The number of methoxy groups -OCH3 is 1. The number of sulfonamides is 1. The summed E-state index contributed by atoms with van der Waals surface area (Å²) in [6.07, 6.45) is 1.57. The minimum atomic E-state index is -3.81. The van der Waals surface area contributed by atoms with Crippen LogP contribution in [-0.2, 0) is 19.6 Å². The molecule has 0 bridgehead atoms. The molecule has 0 aromatic heterocycles. The summed E-state index contributed by atoms with van der Waals surface area (Å²) in [5.41, 5.74) is 1.32. The number of carbonyl (C=O) groups excluding carboxylic acids is 2. The van der Waals surface area contributed by atoms with Crippen LogP contribution in [0, 0.1) is 6.92 Å². The van der Waals surface area contributed by atoms with Crippen LogP contribution in [0.1, 0.15) is 28.8 Å². The molecule has 1 aliphatic rings. The lowest BCUT2D eigenvalue weighted by Gasteiger charge is -2.18. The van der Waals surface area contributed by atoms with Gasteiger partial charge in [-0.2, -0.15) is 4.31 Å². The van der Waals surface area contributed by atoms with Crippen LogP contribution in [0.5, 0.6) is 5.75 Å². The number of hydrogen-bond donors (Lipinski definition) is 1. The maximum Gasteiger partial charge on any atom is 0.338 e.